The summed E-state index contributed by atoms with van der Waals surface area (Å²) in [5.74, 6) is -3.93. The first-order chi connectivity index (χ1) is 48.1. The Kier molecular flexibility index (Phi) is 30.8. The normalized spacial score (nSPS) is 13.8. The molecular weight excluding hydrogens is 1580 g/mol. The Morgan fingerprint density at radius 3 is 0.461 bits per heavy atom. The SMILES string of the molecule is CC(C)=O.CC(C)=O.CC(C)=O.CCC1c2cc(c(O)c(Br)c2O)C(CC)c2cc(c(O)c(Br)c2O)C(CC)c2cc(c(O)c(Br)c2O)C(CC)c2cc1c(O)c(Br)c2O.[O-][n+]1ccc(-c2cc[n+]([O-])cc2)cc1.[O-][n+]1ccc(-c2cc[n+]([O-])cc2)cc1.[O-][n+]1ccc(-c2cc[n+]([O-])cc2)cc1. The molecule has 0 spiro atoms. The summed E-state index contributed by atoms with van der Waals surface area (Å²) in [5, 5.41) is 156. The summed E-state index contributed by atoms with van der Waals surface area (Å²) in [6.45, 7) is 16.7. The van der Waals surface area contributed by atoms with Gasteiger partial charge in [-0.15, -0.1) is 0 Å². The molecule has 10 aromatic rings. The van der Waals surface area contributed by atoms with Crippen LogP contribution in [0.2, 0.25) is 0 Å². The van der Waals surface area contributed by atoms with Crippen LogP contribution in [0.3, 0.4) is 0 Å². The number of halogens is 4. The molecule has 23 nitrogen and oxygen atoms in total. The number of carbonyl (C=O) groups excluding carboxylic acids is 3. The highest BCUT2D eigenvalue weighted by atomic mass is 79.9. The van der Waals surface area contributed by atoms with Crippen molar-refractivity contribution < 1.29 is 83.6 Å². The summed E-state index contributed by atoms with van der Waals surface area (Å²) in [6, 6.07) is 27.1. The largest absolute Gasteiger partial charge is 0.619 e. The molecule has 0 unspecified atom stereocenters. The van der Waals surface area contributed by atoms with Crippen molar-refractivity contribution in [1.82, 2.24) is 0 Å². The van der Waals surface area contributed by atoms with Gasteiger partial charge in [0, 0.05) is 141 Å². The minimum Gasteiger partial charge on any atom is -0.619 e. The average molecular weight is 1660 g/mol. The van der Waals surface area contributed by atoms with E-state index >= 15 is 0 Å². The molecule has 11 rings (SSSR count). The fourth-order valence-corrected chi connectivity index (χ4v) is 12.7. The highest BCUT2D eigenvalue weighted by Gasteiger charge is 2.35. The molecular formula is C75H78Br4N6O17. The van der Waals surface area contributed by atoms with Crippen LogP contribution in [0.1, 0.15) is 163 Å². The summed E-state index contributed by atoms with van der Waals surface area (Å²) >= 11 is 13.5. The molecule has 1 aliphatic rings. The second-order valence-electron chi connectivity index (χ2n) is 23.5. The summed E-state index contributed by atoms with van der Waals surface area (Å²) in [7, 11) is 0. The molecule has 6 heterocycles. The topological polar surface area (TPSA) is 375 Å². The van der Waals surface area contributed by atoms with Gasteiger partial charge in [0.15, 0.2) is 74.4 Å². The number of hydrogen-bond donors (Lipinski definition) is 8. The number of benzene rings is 4. The van der Waals surface area contributed by atoms with Crippen LogP contribution in [-0.4, -0.2) is 58.2 Å². The number of aromatic nitrogens is 6. The van der Waals surface area contributed by atoms with Gasteiger partial charge >= 0.3 is 0 Å². The number of rotatable bonds is 7. The van der Waals surface area contributed by atoms with Gasteiger partial charge in [-0.2, -0.15) is 28.4 Å². The molecule has 8 N–H and O–H groups in total. The van der Waals surface area contributed by atoms with E-state index in [1.54, 1.807) is 97.1 Å². The maximum absolute atomic E-state index is 11.5. The Labute approximate surface area is 623 Å². The number of fused-ring (bicyclic) bond motifs is 8. The third-order valence-electron chi connectivity index (χ3n) is 15.5. The first kappa shape index (κ1) is 82.6. The maximum atomic E-state index is 11.5. The van der Waals surface area contributed by atoms with E-state index in [4.69, 9.17) is 0 Å². The molecule has 4 aromatic carbocycles. The predicted molar refractivity (Wildman–Crippen MR) is 397 cm³/mol. The van der Waals surface area contributed by atoms with Gasteiger partial charge in [0.1, 0.15) is 81.2 Å². The number of Topliss-reactive ketones (excluding diaryl/α,β-unsaturated/α-hetero) is 3. The Hall–Kier alpha value is -10.1. The number of phenols is 8. The van der Waals surface area contributed by atoms with Crippen molar-refractivity contribution in [3.8, 4) is 79.4 Å². The van der Waals surface area contributed by atoms with Crippen molar-refractivity contribution in [3.63, 3.8) is 0 Å². The zero-order valence-electron chi connectivity index (χ0n) is 57.3. The fraction of sp³-hybridized carbons (Fsp3) is 0.240. The van der Waals surface area contributed by atoms with Gasteiger partial charge in [-0.05, 0) is 189 Å². The summed E-state index contributed by atoms with van der Waals surface area (Å²) in [4.78, 5) is 28.3. The number of phenolic OH excluding ortho intramolecular Hbond substituents is 8. The lowest BCUT2D eigenvalue weighted by molar-refractivity contribution is -0.605. The highest BCUT2D eigenvalue weighted by Crippen LogP contribution is 2.57. The van der Waals surface area contributed by atoms with Crippen LogP contribution in [-0.2, 0) is 14.4 Å². The number of carbonyl (C=O) groups is 3. The highest BCUT2D eigenvalue weighted by molar-refractivity contribution is 9.11. The summed E-state index contributed by atoms with van der Waals surface area (Å²) in [5.41, 5.74) is 8.57. The first-order valence-corrected chi connectivity index (χ1v) is 34.8. The smallest absolute Gasteiger partial charge is 0.180 e. The molecule has 0 atom stereocenters. The lowest BCUT2D eigenvalue weighted by Gasteiger charge is -2.29. The number of ketones is 3. The van der Waals surface area contributed by atoms with Gasteiger partial charge < -0.3 is 86.5 Å². The third-order valence-corrected chi connectivity index (χ3v) is 18.5. The second-order valence-corrected chi connectivity index (χ2v) is 26.7. The number of nitrogens with zero attached hydrogens (tertiary/aromatic N) is 6. The van der Waals surface area contributed by atoms with Crippen molar-refractivity contribution in [1.29, 1.82) is 0 Å². The van der Waals surface area contributed by atoms with Crippen LogP contribution in [0.4, 0.5) is 0 Å². The van der Waals surface area contributed by atoms with Crippen LogP contribution in [0.5, 0.6) is 46.0 Å². The van der Waals surface area contributed by atoms with E-state index in [0.717, 1.165) is 61.8 Å². The van der Waals surface area contributed by atoms with Gasteiger partial charge in [-0.1, -0.05) is 27.7 Å². The van der Waals surface area contributed by atoms with Gasteiger partial charge in [0.05, 0.1) is 0 Å². The van der Waals surface area contributed by atoms with Gasteiger partial charge in [0.25, 0.3) is 0 Å². The summed E-state index contributed by atoms with van der Waals surface area (Å²) in [6.07, 6.45) is 18.6. The quantitative estimate of drug-likeness (QED) is 0.0543. The number of aromatic hydroxyl groups is 8. The average Bonchev–Trinajstić information content (AvgIpc) is 0.753. The van der Waals surface area contributed by atoms with Crippen LogP contribution >= 0.6 is 63.7 Å². The molecule has 1 aliphatic carbocycles. The van der Waals surface area contributed by atoms with Gasteiger partial charge in [-0.3, -0.25) is 0 Å². The monoisotopic (exact) mass is 1650 g/mol. The molecule has 27 heteroatoms. The van der Waals surface area contributed by atoms with Crippen LogP contribution in [0.15, 0.2) is 189 Å². The lowest BCUT2D eigenvalue weighted by Crippen LogP contribution is -2.24. The van der Waals surface area contributed by atoms with Crippen molar-refractivity contribution in [3.05, 3.63) is 265 Å². The van der Waals surface area contributed by atoms with Crippen molar-refractivity contribution >= 4 is 81.1 Å². The molecule has 0 amide bonds. The van der Waals surface area contributed by atoms with Crippen LogP contribution in [0, 0.1) is 31.2 Å². The summed E-state index contributed by atoms with van der Waals surface area (Å²) < 4.78 is 4.49. The predicted octanol–water partition coefficient (Wildman–Crippen LogP) is 14.5. The van der Waals surface area contributed by atoms with E-state index in [1.165, 1.54) is 116 Å². The molecule has 538 valence electrons. The van der Waals surface area contributed by atoms with E-state index in [1.807, 2.05) is 27.7 Å². The molecule has 0 saturated heterocycles. The molecule has 8 bridgehead atoms. The van der Waals surface area contributed by atoms with Crippen molar-refractivity contribution in [2.75, 3.05) is 0 Å². The van der Waals surface area contributed by atoms with Crippen LogP contribution < -0.4 is 28.4 Å². The fourth-order valence-electron chi connectivity index (χ4n) is 10.9. The lowest BCUT2D eigenvalue weighted by atomic mass is 9.77. The zero-order valence-corrected chi connectivity index (χ0v) is 63.6. The van der Waals surface area contributed by atoms with Crippen molar-refractivity contribution in [2.45, 2.75) is 119 Å². The number of hydrogen-bond acceptors (Lipinski definition) is 17. The Bertz CT molecular complexity index is 3750. The minimum absolute atomic E-state index is 0.0377. The first-order valence-electron chi connectivity index (χ1n) is 31.6. The molecule has 0 radical (unpaired) electrons. The van der Waals surface area contributed by atoms with E-state index in [9.17, 15) is 86.5 Å². The zero-order chi connectivity index (χ0) is 76.1. The molecule has 0 aliphatic heterocycles. The maximum Gasteiger partial charge on any atom is 0.180 e. The van der Waals surface area contributed by atoms with Gasteiger partial charge in [0.2, 0.25) is 0 Å². The van der Waals surface area contributed by atoms with Gasteiger partial charge in [-0.25, -0.2) is 0 Å². The minimum atomic E-state index is -0.643. The Morgan fingerprint density at radius 1 is 0.275 bits per heavy atom. The molecule has 102 heavy (non-hydrogen) atoms. The molecule has 0 saturated carbocycles. The van der Waals surface area contributed by atoms with Crippen LogP contribution in [0.25, 0.3) is 33.4 Å². The molecule has 6 aromatic heterocycles. The van der Waals surface area contributed by atoms with E-state index in [2.05, 4.69) is 63.7 Å². The van der Waals surface area contributed by atoms with E-state index in [0.29, 0.717) is 70.2 Å². The Balaban J connectivity index is 0.000000277. The van der Waals surface area contributed by atoms with E-state index in [-0.39, 0.29) is 81.2 Å². The van der Waals surface area contributed by atoms with E-state index < -0.39 is 23.7 Å². The van der Waals surface area contributed by atoms with Crippen molar-refractivity contribution in [2.24, 2.45) is 0 Å². The molecule has 0 fully saturated rings. The Morgan fingerprint density at radius 2 is 0.373 bits per heavy atom. The number of pyridine rings is 6. The third kappa shape index (κ3) is 21.5. The second kappa shape index (κ2) is 38.1. The standard InChI is InChI=1S/C36H36Br4O8.3C10H8N2O2.3C3H6O/c1-5-13-17-9-19(31(43)25(37)29(17)41)14(6-2)21-11-23(35(47)27(39)33(21)45)16(8-4)24-12-22(34(46)28(40)36(24)48)15(7-3)20-10-18(13)30(42)26(38)32(20)44;3*13-11-5-1-9(2-6-11)10-3-7-12(14)8-4-10;3*1-3(2)4/h9-16,41-48H,5-8H2,1-4H3;3*1-8H;3*1-2H3.